The largest absolute Gasteiger partial charge is 0.489 e. The summed E-state index contributed by atoms with van der Waals surface area (Å²) < 4.78 is 11.3. The molecule has 4 rings (SSSR count). The highest BCUT2D eigenvalue weighted by Crippen LogP contribution is 2.27. The number of hydrogen-bond donors (Lipinski definition) is 1. The van der Waals surface area contributed by atoms with Crippen LogP contribution in [0.1, 0.15) is 22.3 Å². The van der Waals surface area contributed by atoms with Crippen molar-refractivity contribution in [3.05, 3.63) is 100 Å². The lowest BCUT2D eigenvalue weighted by atomic mass is 9.97. The molecule has 0 spiro atoms. The van der Waals surface area contributed by atoms with Gasteiger partial charge in [0.05, 0.1) is 6.54 Å². The molecule has 0 radical (unpaired) electrons. The number of benzene rings is 3. The van der Waals surface area contributed by atoms with E-state index in [-0.39, 0.29) is 6.61 Å². The second-order valence-electron chi connectivity index (χ2n) is 9.50. The quantitative estimate of drug-likeness (QED) is 0.373. The van der Waals surface area contributed by atoms with Gasteiger partial charge in [-0.3, -0.25) is 4.90 Å². The van der Waals surface area contributed by atoms with Crippen LogP contribution in [0, 0.1) is 18.8 Å². The van der Waals surface area contributed by atoms with Crippen LogP contribution in [-0.2, 0) is 4.79 Å². The zero-order valence-corrected chi connectivity index (χ0v) is 23.1. The Morgan fingerprint density at radius 1 is 0.974 bits per heavy atom. The minimum atomic E-state index is -1.01. The fourth-order valence-corrected chi connectivity index (χ4v) is 4.38. The third-order valence-electron chi connectivity index (χ3n) is 6.52. The Hall–Kier alpha value is -3.76. The molecule has 1 N–H and O–H groups in total. The molecule has 3 aromatic rings. The first-order chi connectivity index (χ1) is 18.9. The smallest absolute Gasteiger partial charge is 0.341 e. The van der Waals surface area contributed by atoms with Gasteiger partial charge < -0.3 is 19.5 Å². The summed E-state index contributed by atoms with van der Waals surface area (Å²) in [5, 5.41) is 9.51. The van der Waals surface area contributed by atoms with E-state index in [1.165, 1.54) is 0 Å². The van der Waals surface area contributed by atoms with E-state index in [1.54, 1.807) is 12.1 Å². The molecule has 0 aliphatic carbocycles. The Kier molecular flexibility index (Phi) is 10.0. The first-order valence-electron chi connectivity index (χ1n) is 12.9. The van der Waals surface area contributed by atoms with Crippen molar-refractivity contribution >= 4 is 23.1 Å². The van der Waals surface area contributed by atoms with Crippen molar-refractivity contribution in [3.8, 4) is 23.3 Å². The van der Waals surface area contributed by atoms with Gasteiger partial charge in [-0.15, -0.1) is 0 Å². The average molecular weight is 545 g/mol. The first kappa shape index (κ1) is 28.3. The Morgan fingerprint density at radius 3 is 2.28 bits per heavy atom. The van der Waals surface area contributed by atoms with Gasteiger partial charge in [-0.1, -0.05) is 47.7 Å². The summed E-state index contributed by atoms with van der Waals surface area (Å²) in [4.78, 5) is 15.5. The Labute approximate surface area is 235 Å². The molecule has 1 saturated heterocycles. The fourth-order valence-electron chi connectivity index (χ4n) is 4.26. The summed E-state index contributed by atoms with van der Waals surface area (Å²) >= 11 is 6.14. The van der Waals surface area contributed by atoms with Crippen LogP contribution in [0.15, 0.2) is 72.8 Å². The van der Waals surface area contributed by atoms with Crippen LogP contribution in [0.25, 0.3) is 5.57 Å². The average Bonchev–Trinajstić information content (AvgIpc) is 2.93. The van der Waals surface area contributed by atoms with E-state index in [0.717, 1.165) is 60.6 Å². The van der Waals surface area contributed by atoms with Crippen molar-refractivity contribution in [2.75, 3.05) is 53.0 Å². The maximum Gasteiger partial charge on any atom is 0.341 e. The molecule has 7 heteroatoms. The van der Waals surface area contributed by atoms with E-state index in [0.29, 0.717) is 23.1 Å². The zero-order chi connectivity index (χ0) is 27.6. The first-order valence-corrected chi connectivity index (χ1v) is 13.3. The number of nitrogens with zero attached hydrogens (tertiary/aromatic N) is 2. The molecule has 0 saturated carbocycles. The molecular weight excluding hydrogens is 512 g/mol. The number of ether oxygens (including phenoxy) is 2. The van der Waals surface area contributed by atoms with Gasteiger partial charge in [-0.25, -0.2) is 4.79 Å². The molecule has 1 aliphatic heterocycles. The molecule has 202 valence electrons. The van der Waals surface area contributed by atoms with E-state index in [2.05, 4.69) is 53.0 Å². The van der Waals surface area contributed by atoms with Crippen LogP contribution in [-0.4, -0.2) is 73.9 Å². The number of halogens is 1. The van der Waals surface area contributed by atoms with Crippen LogP contribution in [0.4, 0.5) is 0 Å². The van der Waals surface area contributed by atoms with E-state index in [1.807, 2.05) is 43.3 Å². The van der Waals surface area contributed by atoms with E-state index >= 15 is 0 Å². The van der Waals surface area contributed by atoms with Gasteiger partial charge in [-0.2, -0.15) is 0 Å². The third kappa shape index (κ3) is 8.62. The highest BCUT2D eigenvalue weighted by molar-refractivity contribution is 6.30. The standard InChI is InChI=1S/C32H33ClN2O4/c1-24-22-29(13-14-31(24)39-23-32(36)37)38-21-15-30(27-9-11-28(33)12-10-27)26-7-5-25(6-8-26)4-3-16-35-19-17-34(2)18-20-35/h5-15,22H,16-21,23H2,1-2H3,(H,36,37). The lowest BCUT2D eigenvalue weighted by Crippen LogP contribution is -2.44. The van der Waals surface area contributed by atoms with Gasteiger partial charge in [0.2, 0.25) is 0 Å². The summed E-state index contributed by atoms with van der Waals surface area (Å²) in [6, 6.07) is 21.3. The number of hydrogen-bond acceptors (Lipinski definition) is 5. The zero-order valence-electron chi connectivity index (χ0n) is 22.3. The molecule has 6 nitrogen and oxygen atoms in total. The molecule has 1 aliphatic rings. The van der Waals surface area contributed by atoms with Gasteiger partial charge in [0, 0.05) is 36.8 Å². The van der Waals surface area contributed by atoms with Crippen molar-refractivity contribution in [1.82, 2.24) is 9.80 Å². The van der Waals surface area contributed by atoms with Gasteiger partial charge in [-0.05, 0) is 84.8 Å². The van der Waals surface area contributed by atoms with Crippen LogP contribution < -0.4 is 9.47 Å². The van der Waals surface area contributed by atoms with Crippen molar-refractivity contribution in [2.24, 2.45) is 0 Å². The maximum absolute atomic E-state index is 10.8. The maximum atomic E-state index is 10.8. The summed E-state index contributed by atoms with van der Waals surface area (Å²) in [7, 11) is 2.16. The number of likely N-dealkylation sites (N-methyl/N-ethyl adjacent to an activating group) is 1. The van der Waals surface area contributed by atoms with Gasteiger partial charge >= 0.3 is 5.97 Å². The van der Waals surface area contributed by atoms with Gasteiger partial charge in [0.15, 0.2) is 6.61 Å². The number of aryl methyl sites for hydroxylation is 1. The molecule has 1 fully saturated rings. The van der Waals surface area contributed by atoms with Crippen LogP contribution in [0.5, 0.6) is 11.5 Å². The van der Waals surface area contributed by atoms with Crippen LogP contribution >= 0.6 is 11.6 Å². The van der Waals surface area contributed by atoms with Gasteiger partial charge in [0.1, 0.15) is 18.1 Å². The third-order valence-corrected chi connectivity index (χ3v) is 6.77. The summed E-state index contributed by atoms with van der Waals surface area (Å²) in [6.07, 6.45) is 2.04. The monoisotopic (exact) mass is 544 g/mol. The van der Waals surface area contributed by atoms with Gasteiger partial charge in [0.25, 0.3) is 0 Å². The molecule has 0 aromatic heterocycles. The summed E-state index contributed by atoms with van der Waals surface area (Å²) in [5.74, 6) is 6.80. The molecule has 0 bridgehead atoms. The Bertz CT molecular complexity index is 1350. The lowest BCUT2D eigenvalue weighted by Gasteiger charge is -2.30. The van der Waals surface area contributed by atoms with E-state index in [9.17, 15) is 4.79 Å². The molecule has 0 amide bonds. The second kappa shape index (κ2) is 13.9. The minimum absolute atomic E-state index is 0.347. The van der Waals surface area contributed by atoms with Crippen LogP contribution in [0.3, 0.4) is 0 Å². The number of carboxylic acid groups (broad SMARTS) is 1. The predicted molar refractivity (Wildman–Crippen MR) is 156 cm³/mol. The SMILES string of the molecule is Cc1cc(OCC=C(c2ccc(Cl)cc2)c2ccc(C#CCN3CCN(C)CC3)cc2)ccc1OCC(=O)O. The van der Waals surface area contributed by atoms with Crippen molar-refractivity contribution in [2.45, 2.75) is 6.92 Å². The summed E-state index contributed by atoms with van der Waals surface area (Å²) in [6.45, 7) is 6.91. The van der Waals surface area contributed by atoms with Crippen molar-refractivity contribution in [3.63, 3.8) is 0 Å². The molecule has 0 unspecified atom stereocenters. The number of carboxylic acids is 1. The predicted octanol–water partition coefficient (Wildman–Crippen LogP) is 5.22. The molecule has 0 atom stereocenters. The van der Waals surface area contributed by atoms with Crippen molar-refractivity contribution in [1.29, 1.82) is 0 Å². The number of piperazine rings is 1. The molecule has 39 heavy (non-hydrogen) atoms. The van der Waals surface area contributed by atoms with Crippen LogP contribution in [0.2, 0.25) is 5.02 Å². The van der Waals surface area contributed by atoms with E-state index < -0.39 is 5.97 Å². The highest BCUT2D eigenvalue weighted by Gasteiger charge is 2.12. The Balaban J connectivity index is 1.45. The fraction of sp³-hybridized carbons (Fsp3) is 0.281. The van der Waals surface area contributed by atoms with Crippen molar-refractivity contribution < 1.29 is 19.4 Å². The molecule has 1 heterocycles. The van der Waals surface area contributed by atoms with E-state index in [4.69, 9.17) is 26.2 Å². The number of aliphatic carboxylic acids is 1. The molecule has 3 aromatic carbocycles. The lowest BCUT2D eigenvalue weighted by molar-refractivity contribution is -0.139. The number of rotatable bonds is 9. The topological polar surface area (TPSA) is 62.2 Å². The minimum Gasteiger partial charge on any atom is -0.489 e. The highest BCUT2D eigenvalue weighted by atomic mass is 35.5. The summed E-state index contributed by atoms with van der Waals surface area (Å²) in [5.41, 5.74) is 4.91. The molecular formula is C32H33ClN2O4. The normalized spacial score (nSPS) is 14.4. The number of carbonyl (C=O) groups is 1. The Morgan fingerprint density at radius 2 is 1.64 bits per heavy atom. The second-order valence-corrected chi connectivity index (χ2v) is 9.94.